The van der Waals surface area contributed by atoms with Crippen LogP contribution in [0.25, 0.3) is 0 Å². The fourth-order valence-electron chi connectivity index (χ4n) is 2.26. The van der Waals surface area contributed by atoms with Gasteiger partial charge in [-0.25, -0.2) is 4.98 Å². The van der Waals surface area contributed by atoms with Crippen LogP contribution in [0.15, 0.2) is 18.3 Å². The average Bonchev–Trinajstić information content (AvgIpc) is 2.28. The summed E-state index contributed by atoms with van der Waals surface area (Å²) in [7, 11) is 0. The number of hydrogen-bond acceptors (Lipinski definition) is 3. The molecule has 0 aliphatic heterocycles. The summed E-state index contributed by atoms with van der Waals surface area (Å²) < 4.78 is 0. The maximum atomic E-state index is 5.92. The molecule has 3 heteroatoms. The Morgan fingerprint density at radius 3 is 2.82 bits per heavy atom. The quantitative estimate of drug-likeness (QED) is 0.850. The molecule has 0 amide bonds. The third-order valence-electron chi connectivity index (χ3n) is 3.70. The van der Waals surface area contributed by atoms with Gasteiger partial charge in [0.15, 0.2) is 0 Å². The molecule has 1 heterocycles. The molecule has 0 spiro atoms. The van der Waals surface area contributed by atoms with Crippen LogP contribution in [-0.4, -0.2) is 18.1 Å². The van der Waals surface area contributed by atoms with E-state index in [0.29, 0.717) is 0 Å². The van der Waals surface area contributed by atoms with Gasteiger partial charge in [0.25, 0.3) is 0 Å². The molecule has 1 saturated carbocycles. The molecule has 0 saturated heterocycles. The number of nitrogens with two attached hydrogens (primary N) is 1. The third kappa shape index (κ3) is 2.97. The van der Waals surface area contributed by atoms with E-state index in [0.717, 1.165) is 24.8 Å². The molecule has 17 heavy (non-hydrogen) atoms. The molecule has 1 aliphatic carbocycles. The third-order valence-corrected chi connectivity index (χ3v) is 3.70. The first kappa shape index (κ1) is 12.4. The van der Waals surface area contributed by atoms with Gasteiger partial charge in [-0.15, -0.1) is 0 Å². The number of nitrogens with zero attached hydrogens (tertiary/aromatic N) is 2. The van der Waals surface area contributed by atoms with E-state index < -0.39 is 0 Å². The minimum Gasteiger partial charge on any atom is -0.357 e. The highest BCUT2D eigenvalue weighted by atomic mass is 15.2. The van der Waals surface area contributed by atoms with E-state index in [1.54, 1.807) is 0 Å². The van der Waals surface area contributed by atoms with Gasteiger partial charge in [0.05, 0.1) is 0 Å². The van der Waals surface area contributed by atoms with E-state index in [1.165, 1.54) is 24.8 Å². The lowest BCUT2D eigenvalue weighted by atomic mass is 9.85. The van der Waals surface area contributed by atoms with Crippen molar-refractivity contribution in [1.29, 1.82) is 0 Å². The molecule has 94 valence electrons. The lowest BCUT2D eigenvalue weighted by Crippen LogP contribution is -2.33. The molecule has 1 atom stereocenters. The van der Waals surface area contributed by atoms with E-state index in [9.17, 15) is 0 Å². The van der Waals surface area contributed by atoms with Crippen molar-refractivity contribution in [2.24, 2.45) is 11.7 Å². The minimum absolute atomic E-state index is 0.0826. The second kappa shape index (κ2) is 5.50. The standard InChI is InChI=1S/C14H23N3/c1-3-17(10-12-5-4-6-12)14-9-13(11(2)15)7-8-16-14/h7-9,11-12H,3-6,10,15H2,1-2H3. The Labute approximate surface area is 104 Å². The van der Waals surface area contributed by atoms with Crippen molar-refractivity contribution in [3.8, 4) is 0 Å². The number of aromatic nitrogens is 1. The van der Waals surface area contributed by atoms with Crippen LogP contribution in [0, 0.1) is 5.92 Å². The van der Waals surface area contributed by atoms with Crippen molar-refractivity contribution >= 4 is 5.82 Å². The zero-order chi connectivity index (χ0) is 12.3. The molecular formula is C14H23N3. The SMILES string of the molecule is CCN(CC1CCC1)c1cc(C(C)N)ccn1. The maximum absolute atomic E-state index is 5.92. The fraction of sp³-hybridized carbons (Fsp3) is 0.643. The van der Waals surface area contributed by atoms with Crippen LogP contribution in [-0.2, 0) is 0 Å². The number of pyridine rings is 1. The van der Waals surface area contributed by atoms with Crippen molar-refractivity contribution < 1.29 is 0 Å². The molecule has 2 rings (SSSR count). The Morgan fingerprint density at radius 2 is 2.29 bits per heavy atom. The van der Waals surface area contributed by atoms with E-state index in [4.69, 9.17) is 5.73 Å². The topological polar surface area (TPSA) is 42.1 Å². The normalized spacial score (nSPS) is 17.6. The Morgan fingerprint density at radius 1 is 1.53 bits per heavy atom. The minimum atomic E-state index is 0.0826. The summed E-state index contributed by atoms with van der Waals surface area (Å²) in [4.78, 5) is 6.85. The molecule has 2 N–H and O–H groups in total. The smallest absolute Gasteiger partial charge is 0.128 e. The Kier molecular flexibility index (Phi) is 4.00. The summed E-state index contributed by atoms with van der Waals surface area (Å²) in [6, 6.07) is 4.22. The van der Waals surface area contributed by atoms with Gasteiger partial charge in [-0.2, -0.15) is 0 Å². The monoisotopic (exact) mass is 233 g/mol. The first-order valence-electron chi connectivity index (χ1n) is 6.67. The van der Waals surface area contributed by atoms with Gasteiger partial charge < -0.3 is 10.6 Å². The van der Waals surface area contributed by atoms with Crippen LogP contribution in [0.5, 0.6) is 0 Å². The average molecular weight is 233 g/mol. The van der Waals surface area contributed by atoms with Crippen LogP contribution in [0.1, 0.15) is 44.7 Å². The largest absolute Gasteiger partial charge is 0.357 e. The predicted octanol–water partition coefficient (Wildman–Crippen LogP) is 2.73. The zero-order valence-corrected chi connectivity index (χ0v) is 10.9. The molecule has 1 aromatic heterocycles. The van der Waals surface area contributed by atoms with Crippen LogP contribution < -0.4 is 10.6 Å². The highest BCUT2D eigenvalue weighted by Crippen LogP contribution is 2.28. The molecule has 0 aromatic carbocycles. The van der Waals surface area contributed by atoms with Gasteiger partial charge in [0, 0.05) is 25.3 Å². The Balaban J connectivity index is 2.09. The summed E-state index contributed by atoms with van der Waals surface area (Å²) in [5.74, 6) is 1.95. The first-order valence-corrected chi connectivity index (χ1v) is 6.67. The van der Waals surface area contributed by atoms with Gasteiger partial charge >= 0.3 is 0 Å². The zero-order valence-electron chi connectivity index (χ0n) is 10.9. The summed E-state index contributed by atoms with van der Waals surface area (Å²) in [6.45, 7) is 6.37. The number of anilines is 1. The predicted molar refractivity (Wildman–Crippen MR) is 72.1 cm³/mol. The second-order valence-electron chi connectivity index (χ2n) is 5.07. The van der Waals surface area contributed by atoms with Crippen molar-refractivity contribution in [2.75, 3.05) is 18.0 Å². The van der Waals surface area contributed by atoms with Crippen LogP contribution >= 0.6 is 0 Å². The van der Waals surface area contributed by atoms with Crippen molar-refractivity contribution in [2.45, 2.75) is 39.2 Å². The van der Waals surface area contributed by atoms with Crippen LogP contribution in [0.4, 0.5) is 5.82 Å². The molecule has 0 bridgehead atoms. The Hall–Kier alpha value is -1.09. The van der Waals surface area contributed by atoms with E-state index in [1.807, 2.05) is 19.2 Å². The molecule has 1 aliphatic rings. The number of rotatable bonds is 5. The maximum Gasteiger partial charge on any atom is 0.128 e. The second-order valence-corrected chi connectivity index (χ2v) is 5.07. The Bertz CT molecular complexity index is 358. The van der Waals surface area contributed by atoms with E-state index in [2.05, 4.69) is 22.9 Å². The molecule has 0 radical (unpaired) electrons. The first-order chi connectivity index (χ1) is 8.20. The van der Waals surface area contributed by atoms with Crippen molar-refractivity contribution in [1.82, 2.24) is 4.98 Å². The van der Waals surface area contributed by atoms with Gasteiger partial charge in [0.1, 0.15) is 5.82 Å². The van der Waals surface area contributed by atoms with Gasteiger partial charge in [0.2, 0.25) is 0 Å². The van der Waals surface area contributed by atoms with Crippen LogP contribution in [0.2, 0.25) is 0 Å². The van der Waals surface area contributed by atoms with Crippen molar-refractivity contribution in [3.63, 3.8) is 0 Å². The molecular weight excluding hydrogens is 210 g/mol. The van der Waals surface area contributed by atoms with Crippen LogP contribution in [0.3, 0.4) is 0 Å². The molecule has 1 fully saturated rings. The van der Waals surface area contributed by atoms with Crippen molar-refractivity contribution in [3.05, 3.63) is 23.9 Å². The summed E-state index contributed by atoms with van der Waals surface area (Å²) >= 11 is 0. The number of hydrogen-bond donors (Lipinski definition) is 1. The molecule has 1 aromatic rings. The summed E-state index contributed by atoms with van der Waals surface area (Å²) in [6.07, 6.45) is 6.03. The lowest BCUT2D eigenvalue weighted by Gasteiger charge is -2.32. The summed E-state index contributed by atoms with van der Waals surface area (Å²) in [5, 5.41) is 0. The fourth-order valence-corrected chi connectivity index (χ4v) is 2.26. The van der Waals surface area contributed by atoms with Gasteiger partial charge in [-0.1, -0.05) is 6.42 Å². The molecule has 1 unspecified atom stereocenters. The highest BCUT2D eigenvalue weighted by Gasteiger charge is 2.20. The summed E-state index contributed by atoms with van der Waals surface area (Å²) in [5.41, 5.74) is 7.09. The molecule has 3 nitrogen and oxygen atoms in total. The lowest BCUT2D eigenvalue weighted by molar-refractivity contribution is 0.318. The highest BCUT2D eigenvalue weighted by molar-refractivity contribution is 5.41. The van der Waals surface area contributed by atoms with E-state index in [-0.39, 0.29) is 6.04 Å². The van der Waals surface area contributed by atoms with Gasteiger partial charge in [-0.3, -0.25) is 0 Å². The van der Waals surface area contributed by atoms with Gasteiger partial charge in [-0.05, 0) is 50.3 Å². The van der Waals surface area contributed by atoms with E-state index >= 15 is 0 Å².